The molecule has 3 nitrogen and oxygen atoms in total. The summed E-state index contributed by atoms with van der Waals surface area (Å²) in [5, 5.41) is 0. The maximum absolute atomic E-state index is 11.6. The van der Waals surface area contributed by atoms with Crippen LogP contribution in [-0.2, 0) is 14.3 Å². The van der Waals surface area contributed by atoms with Crippen LogP contribution < -0.4 is 0 Å². The zero-order valence-electron chi connectivity index (χ0n) is 12.5. The van der Waals surface area contributed by atoms with Gasteiger partial charge < -0.3 is 9.47 Å². The van der Waals surface area contributed by atoms with Crippen molar-refractivity contribution in [2.45, 2.75) is 52.4 Å². The normalized spacial score (nSPS) is 11.9. The zero-order chi connectivity index (χ0) is 14.5. The Bertz CT molecular complexity index is 271. The van der Waals surface area contributed by atoms with Crippen molar-refractivity contribution < 1.29 is 14.3 Å². The number of hydrogen-bond donors (Lipinski definition) is 0. The standard InChI is InChI=1S/C16H28O3/c1-5-7-8-9-10-14(3)12-15(4)16(17)19-13-18-11-6-2/h6,14H,2,4-5,7-13H2,1,3H3. The van der Waals surface area contributed by atoms with Crippen molar-refractivity contribution >= 4 is 5.97 Å². The highest BCUT2D eigenvalue weighted by Crippen LogP contribution is 2.18. The van der Waals surface area contributed by atoms with E-state index in [1.165, 1.54) is 25.7 Å². The molecule has 0 heterocycles. The minimum atomic E-state index is -0.357. The SMILES string of the molecule is C=CCOCOC(=O)C(=C)CC(C)CCCCCC. The van der Waals surface area contributed by atoms with E-state index in [0.29, 0.717) is 24.5 Å². The summed E-state index contributed by atoms with van der Waals surface area (Å²) in [6.45, 7) is 12.0. The summed E-state index contributed by atoms with van der Waals surface area (Å²) in [6.07, 6.45) is 8.48. The Morgan fingerprint density at radius 3 is 2.68 bits per heavy atom. The Balaban J connectivity index is 3.69. The molecule has 0 N–H and O–H groups in total. The van der Waals surface area contributed by atoms with Gasteiger partial charge in [0.15, 0.2) is 6.79 Å². The van der Waals surface area contributed by atoms with Crippen molar-refractivity contribution in [3.63, 3.8) is 0 Å². The van der Waals surface area contributed by atoms with Crippen LogP contribution in [0.25, 0.3) is 0 Å². The summed E-state index contributed by atoms with van der Waals surface area (Å²) in [5.74, 6) is 0.121. The average Bonchev–Trinajstić information content (AvgIpc) is 2.39. The Morgan fingerprint density at radius 1 is 1.32 bits per heavy atom. The van der Waals surface area contributed by atoms with Gasteiger partial charge in [-0.1, -0.05) is 58.6 Å². The van der Waals surface area contributed by atoms with E-state index in [2.05, 4.69) is 27.0 Å². The van der Waals surface area contributed by atoms with Gasteiger partial charge in [0.05, 0.1) is 6.61 Å². The number of rotatable bonds is 12. The lowest BCUT2D eigenvalue weighted by atomic mass is 9.96. The van der Waals surface area contributed by atoms with Gasteiger partial charge in [-0.15, -0.1) is 6.58 Å². The second kappa shape index (κ2) is 12.0. The second-order valence-corrected chi connectivity index (χ2v) is 4.97. The molecule has 0 aliphatic carbocycles. The minimum absolute atomic E-state index is 0.0330. The van der Waals surface area contributed by atoms with Gasteiger partial charge in [0.25, 0.3) is 0 Å². The van der Waals surface area contributed by atoms with Crippen LogP contribution >= 0.6 is 0 Å². The molecule has 0 spiro atoms. The average molecular weight is 268 g/mol. The van der Waals surface area contributed by atoms with Crippen LogP contribution in [0.4, 0.5) is 0 Å². The fourth-order valence-electron chi connectivity index (χ4n) is 1.85. The van der Waals surface area contributed by atoms with E-state index in [9.17, 15) is 4.79 Å². The predicted molar refractivity (Wildman–Crippen MR) is 78.8 cm³/mol. The van der Waals surface area contributed by atoms with Crippen LogP contribution in [0.1, 0.15) is 52.4 Å². The predicted octanol–water partition coefficient (Wildman–Crippen LogP) is 4.24. The Kier molecular flexibility index (Phi) is 11.3. The zero-order valence-corrected chi connectivity index (χ0v) is 12.5. The first-order chi connectivity index (χ1) is 9.11. The van der Waals surface area contributed by atoms with E-state index in [4.69, 9.17) is 9.47 Å². The van der Waals surface area contributed by atoms with Gasteiger partial charge in [0, 0.05) is 5.57 Å². The summed E-state index contributed by atoms with van der Waals surface area (Å²) in [4.78, 5) is 11.6. The first kappa shape index (κ1) is 17.9. The van der Waals surface area contributed by atoms with Crippen molar-refractivity contribution in [3.05, 3.63) is 24.8 Å². The number of carbonyl (C=O) groups excluding carboxylic acids is 1. The lowest BCUT2D eigenvalue weighted by Gasteiger charge is -2.12. The molecule has 0 aromatic heterocycles. The molecule has 0 amide bonds. The van der Waals surface area contributed by atoms with E-state index in [1.54, 1.807) is 6.08 Å². The molecular formula is C16H28O3. The fraction of sp³-hybridized carbons (Fsp3) is 0.688. The molecule has 110 valence electrons. The largest absolute Gasteiger partial charge is 0.435 e. The number of unbranched alkanes of at least 4 members (excludes halogenated alkanes) is 3. The molecule has 19 heavy (non-hydrogen) atoms. The summed E-state index contributed by atoms with van der Waals surface area (Å²) in [7, 11) is 0. The molecule has 0 rings (SSSR count). The van der Waals surface area contributed by atoms with Crippen LogP contribution in [0.15, 0.2) is 24.8 Å². The third kappa shape index (κ3) is 10.5. The maximum Gasteiger partial charge on any atom is 0.335 e. The highest BCUT2D eigenvalue weighted by molar-refractivity contribution is 5.87. The van der Waals surface area contributed by atoms with Gasteiger partial charge in [-0.3, -0.25) is 0 Å². The molecule has 0 bridgehead atoms. The van der Waals surface area contributed by atoms with E-state index in [1.807, 2.05) is 0 Å². The van der Waals surface area contributed by atoms with E-state index in [-0.39, 0.29) is 12.8 Å². The summed E-state index contributed by atoms with van der Waals surface area (Å²) < 4.78 is 9.94. The van der Waals surface area contributed by atoms with Crippen LogP contribution in [0.5, 0.6) is 0 Å². The molecule has 0 fully saturated rings. The summed E-state index contributed by atoms with van der Waals surface area (Å²) in [6, 6.07) is 0. The van der Waals surface area contributed by atoms with Crippen molar-refractivity contribution in [2.24, 2.45) is 5.92 Å². The number of carbonyl (C=O) groups is 1. The third-order valence-electron chi connectivity index (χ3n) is 2.94. The van der Waals surface area contributed by atoms with Crippen molar-refractivity contribution in [1.29, 1.82) is 0 Å². The Morgan fingerprint density at radius 2 is 2.05 bits per heavy atom. The van der Waals surface area contributed by atoms with E-state index < -0.39 is 0 Å². The van der Waals surface area contributed by atoms with Crippen LogP contribution in [0, 0.1) is 5.92 Å². The quantitative estimate of drug-likeness (QED) is 0.174. The first-order valence-electron chi connectivity index (χ1n) is 7.15. The lowest BCUT2D eigenvalue weighted by Crippen LogP contribution is -2.12. The van der Waals surface area contributed by atoms with Gasteiger partial charge >= 0.3 is 5.97 Å². The van der Waals surface area contributed by atoms with Crippen LogP contribution in [-0.4, -0.2) is 19.4 Å². The van der Waals surface area contributed by atoms with Crippen molar-refractivity contribution in [2.75, 3.05) is 13.4 Å². The molecule has 0 radical (unpaired) electrons. The van der Waals surface area contributed by atoms with Gasteiger partial charge in [-0.2, -0.15) is 0 Å². The van der Waals surface area contributed by atoms with Crippen LogP contribution in [0.3, 0.4) is 0 Å². The third-order valence-corrected chi connectivity index (χ3v) is 2.94. The maximum atomic E-state index is 11.6. The molecule has 0 aromatic rings. The molecule has 1 atom stereocenters. The van der Waals surface area contributed by atoms with Crippen molar-refractivity contribution in [1.82, 2.24) is 0 Å². The fourth-order valence-corrected chi connectivity index (χ4v) is 1.85. The van der Waals surface area contributed by atoms with Crippen molar-refractivity contribution in [3.8, 4) is 0 Å². The highest BCUT2D eigenvalue weighted by atomic mass is 16.7. The van der Waals surface area contributed by atoms with E-state index >= 15 is 0 Å². The molecule has 0 aromatic carbocycles. The monoisotopic (exact) mass is 268 g/mol. The second-order valence-electron chi connectivity index (χ2n) is 4.97. The summed E-state index contributed by atoms with van der Waals surface area (Å²) >= 11 is 0. The molecule has 3 heteroatoms. The number of hydrogen-bond acceptors (Lipinski definition) is 3. The molecule has 0 aliphatic heterocycles. The Hall–Kier alpha value is -1.09. The molecule has 0 saturated heterocycles. The Labute approximate surface area is 117 Å². The first-order valence-corrected chi connectivity index (χ1v) is 7.15. The van der Waals surface area contributed by atoms with E-state index in [0.717, 1.165) is 6.42 Å². The summed E-state index contributed by atoms with van der Waals surface area (Å²) in [5.41, 5.74) is 0.533. The minimum Gasteiger partial charge on any atom is -0.435 e. The topological polar surface area (TPSA) is 35.5 Å². The van der Waals surface area contributed by atoms with Crippen LogP contribution in [0.2, 0.25) is 0 Å². The highest BCUT2D eigenvalue weighted by Gasteiger charge is 2.12. The van der Waals surface area contributed by atoms with Gasteiger partial charge in [0.2, 0.25) is 0 Å². The number of ether oxygens (including phenoxy) is 2. The molecule has 1 unspecified atom stereocenters. The smallest absolute Gasteiger partial charge is 0.335 e. The van der Waals surface area contributed by atoms with Gasteiger partial charge in [0.1, 0.15) is 0 Å². The lowest BCUT2D eigenvalue weighted by molar-refractivity contribution is -0.150. The molecule has 0 saturated carbocycles. The number of esters is 1. The molecule has 0 aliphatic rings. The van der Waals surface area contributed by atoms with Gasteiger partial charge in [-0.25, -0.2) is 4.79 Å². The molecular weight excluding hydrogens is 240 g/mol. The van der Waals surface area contributed by atoms with Gasteiger partial charge in [-0.05, 0) is 12.3 Å².